The molecule has 0 radical (unpaired) electrons. The van der Waals surface area contributed by atoms with Crippen LogP contribution in [0.5, 0.6) is 0 Å². The van der Waals surface area contributed by atoms with Gasteiger partial charge in [-0.15, -0.1) is 0 Å². The highest BCUT2D eigenvalue weighted by Gasteiger charge is 2.23. The summed E-state index contributed by atoms with van der Waals surface area (Å²) in [5, 5.41) is 3.92. The summed E-state index contributed by atoms with van der Waals surface area (Å²) in [4.78, 5) is 12.2. The second-order valence-corrected chi connectivity index (χ2v) is 7.27. The van der Waals surface area contributed by atoms with Gasteiger partial charge in [-0.1, -0.05) is 36.8 Å². The molecule has 1 aromatic carbocycles. The summed E-state index contributed by atoms with van der Waals surface area (Å²) in [5.74, 6) is -0.969. The lowest BCUT2D eigenvalue weighted by Gasteiger charge is -2.12. The third-order valence-electron chi connectivity index (χ3n) is 3.59. The van der Waals surface area contributed by atoms with Gasteiger partial charge in [-0.05, 0) is 25.8 Å². The molecule has 1 atom stereocenters. The van der Waals surface area contributed by atoms with Gasteiger partial charge in [0, 0.05) is 18.7 Å². The average molecular weight is 335 g/mol. The number of sulfonamides is 1. The van der Waals surface area contributed by atoms with E-state index in [0.717, 1.165) is 11.1 Å². The number of hydrogen-bond acceptors (Lipinski definition) is 4. The zero-order chi connectivity index (χ0) is 17.0. The van der Waals surface area contributed by atoms with Crippen LogP contribution in [0, 0.1) is 12.8 Å². The molecule has 0 spiro atoms. The molecular formula is C16H21N3O3S. The van der Waals surface area contributed by atoms with Crippen molar-refractivity contribution in [1.29, 1.82) is 0 Å². The minimum absolute atomic E-state index is 0.00441. The van der Waals surface area contributed by atoms with Gasteiger partial charge in [0.1, 0.15) is 4.90 Å². The van der Waals surface area contributed by atoms with Gasteiger partial charge in [-0.3, -0.25) is 9.48 Å². The molecule has 0 aliphatic rings. The van der Waals surface area contributed by atoms with Crippen molar-refractivity contribution in [1.82, 2.24) is 14.5 Å². The molecule has 2 rings (SSSR count). The maximum atomic E-state index is 12.2. The van der Waals surface area contributed by atoms with E-state index < -0.39 is 21.8 Å². The summed E-state index contributed by atoms with van der Waals surface area (Å²) < 4.78 is 28.0. The molecule has 0 unspecified atom stereocenters. The highest BCUT2D eigenvalue weighted by Crippen LogP contribution is 2.12. The summed E-state index contributed by atoms with van der Waals surface area (Å²) in [7, 11) is -3.88. The molecule has 2 aromatic rings. The normalized spacial score (nSPS) is 12.8. The third kappa shape index (κ3) is 4.41. The van der Waals surface area contributed by atoms with Crippen LogP contribution in [0.1, 0.15) is 25.0 Å². The van der Waals surface area contributed by atoms with Gasteiger partial charge in [0.15, 0.2) is 0 Å². The van der Waals surface area contributed by atoms with Crippen LogP contribution in [0.2, 0.25) is 0 Å². The van der Waals surface area contributed by atoms with Crippen LogP contribution in [-0.4, -0.2) is 24.1 Å². The van der Waals surface area contributed by atoms with Gasteiger partial charge < -0.3 is 0 Å². The van der Waals surface area contributed by atoms with Crippen molar-refractivity contribution in [2.45, 2.75) is 38.6 Å². The number of benzene rings is 1. The summed E-state index contributed by atoms with van der Waals surface area (Å²) in [6.45, 7) is 6.11. The first-order valence-corrected chi connectivity index (χ1v) is 8.95. The van der Waals surface area contributed by atoms with Crippen LogP contribution in [0.15, 0.2) is 41.6 Å². The van der Waals surface area contributed by atoms with Crippen molar-refractivity contribution in [2.75, 3.05) is 0 Å². The fraction of sp³-hybridized carbons (Fsp3) is 0.375. The number of aromatic nitrogens is 2. The molecule has 0 saturated carbocycles. The Labute approximate surface area is 136 Å². The summed E-state index contributed by atoms with van der Waals surface area (Å²) in [6.07, 6.45) is 3.12. The van der Waals surface area contributed by atoms with Crippen LogP contribution in [0.4, 0.5) is 0 Å². The first-order valence-electron chi connectivity index (χ1n) is 7.46. The monoisotopic (exact) mass is 335 g/mol. The van der Waals surface area contributed by atoms with Gasteiger partial charge in [0.2, 0.25) is 5.91 Å². The van der Waals surface area contributed by atoms with Gasteiger partial charge in [-0.2, -0.15) is 5.10 Å². The molecule has 0 saturated heterocycles. The highest BCUT2D eigenvalue weighted by atomic mass is 32.2. The van der Waals surface area contributed by atoms with Gasteiger partial charge in [-0.25, -0.2) is 13.1 Å². The van der Waals surface area contributed by atoms with E-state index in [1.165, 1.54) is 17.1 Å². The molecule has 0 aliphatic heterocycles. The molecule has 6 nitrogen and oxygen atoms in total. The Bertz CT molecular complexity index is 779. The highest BCUT2D eigenvalue weighted by molar-refractivity contribution is 7.90. The van der Waals surface area contributed by atoms with Crippen molar-refractivity contribution in [3.8, 4) is 0 Å². The smallest absolute Gasteiger partial charge is 0.267 e. The number of carbonyl (C=O) groups excluding carboxylic acids is 1. The standard InChI is InChI=1S/C16H21N3O3S/c1-4-19-11-15(10-17-19)23(21,22)18-16(20)13(3)9-14-7-5-12(2)6-8-14/h5-8,10-11,13H,4,9H2,1-3H3,(H,18,20)/t13-/m1/s1. The van der Waals surface area contributed by atoms with Gasteiger partial charge in [0.05, 0.1) is 6.20 Å². The van der Waals surface area contributed by atoms with Crippen molar-refractivity contribution >= 4 is 15.9 Å². The second kappa shape index (κ2) is 6.95. The molecular weight excluding hydrogens is 314 g/mol. The molecule has 0 aliphatic carbocycles. The van der Waals surface area contributed by atoms with Crippen LogP contribution in [0.25, 0.3) is 0 Å². The first kappa shape index (κ1) is 17.2. The molecule has 7 heteroatoms. The van der Waals surface area contributed by atoms with Crippen molar-refractivity contribution in [3.63, 3.8) is 0 Å². The Morgan fingerprint density at radius 2 is 1.96 bits per heavy atom. The summed E-state index contributed by atoms with van der Waals surface area (Å²) in [6, 6.07) is 7.82. The van der Waals surface area contributed by atoms with Crippen LogP contribution in [-0.2, 0) is 27.8 Å². The Morgan fingerprint density at radius 3 is 2.52 bits per heavy atom. The number of nitrogens with one attached hydrogen (secondary N) is 1. The summed E-state index contributed by atoms with van der Waals surface area (Å²) in [5.41, 5.74) is 2.14. The van der Waals surface area contributed by atoms with Crippen molar-refractivity contribution < 1.29 is 13.2 Å². The minimum Gasteiger partial charge on any atom is -0.274 e. The van der Waals surface area contributed by atoms with E-state index in [0.29, 0.717) is 13.0 Å². The Kier molecular flexibility index (Phi) is 5.20. The zero-order valence-electron chi connectivity index (χ0n) is 13.5. The fourth-order valence-electron chi connectivity index (χ4n) is 2.12. The van der Waals surface area contributed by atoms with Crippen LogP contribution >= 0.6 is 0 Å². The molecule has 1 heterocycles. The molecule has 23 heavy (non-hydrogen) atoms. The van der Waals surface area contributed by atoms with E-state index in [-0.39, 0.29) is 4.90 Å². The molecule has 1 N–H and O–H groups in total. The quantitative estimate of drug-likeness (QED) is 0.874. The third-order valence-corrected chi connectivity index (χ3v) is 4.89. The summed E-state index contributed by atoms with van der Waals surface area (Å²) >= 11 is 0. The molecule has 124 valence electrons. The molecule has 0 bridgehead atoms. The SMILES string of the molecule is CCn1cc(S(=O)(=O)NC(=O)[C@H](C)Cc2ccc(C)cc2)cn1. The topological polar surface area (TPSA) is 81.1 Å². The maximum Gasteiger partial charge on any atom is 0.267 e. The Balaban J connectivity index is 2.03. The number of carbonyl (C=O) groups is 1. The minimum atomic E-state index is -3.88. The van der Waals surface area contributed by atoms with E-state index in [9.17, 15) is 13.2 Å². The molecule has 1 aromatic heterocycles. The predicted octanol–water partition coefficient (Wildman–Crippen LogP) is 1.90. The van der Waals surface area contributed by atoms with E-state index in [1.807, 2.05) is 38.1 Å². The van der Waals surface area contributed by atoms with E-state index in [4.69, 9.17) is 0 Å². The molecule has 1 amide bonds. The number of nitrogens with zero attached hydrogens (tertiary/aromatic N) is 2. The largest absolute Gasteiger partial charge is 0.274 e. The fourth-order valence-corrected chi connectivity index (χ4v) is 3.15. The number of aryl methyl sites for hydroxylation is 2. The van der Waals surface area contributed by atoms with E-state index >= 15 is 0 Å². The van der Waals surface area contributed by atoms with Crippen molar-refractivity contribution in [2.24, 2.45) is 5.92 Å². The lowest BCUT2D eigenvalue weighted by molar-refractivity contribution is -0.122. The van der Waals surface area contributed by atoms with E-state index in [1.54, 1.807) is 6.92 Å². The van der Waals surface area contributed by atoms with Crippen LogP contribution < -0.4 is 4.72 Å². The second-order valence-electron chi connectivity index (χ2n) is 5.59. The number of amides is 1. The number of hydrogen-bond donors (Lipinski definition) is 1. The predicted molar refractivity (Wildman–Crippen MR) is 87.3 cm³/mol. The van der Waals surface area contributed by atoms with Crippen LogP contribution in [0.3, 0.4) is 0 Å². The zero-order valence-corrected chi connectivity index (χ0v) is 14.3. The Morgan fingerprint density at radius 1 is 1.30 bits per heavy atom. The Hall–Kier alpha value is -2.15. The van der Waals surface area contributed by atoms with Gasteiger partial charge in [0.25, 0.3) is 10.0 Å². The van der Waals surface area contributed by atoms with Gasteiger partial charge >= 0.3 is 0 Å². The average Bonchev–Trinajstić information content (AvgIpc) is 2.99. The van der Waals surface area contributed by atoms with Crippen molar-refractivity contribution in [3.05, 3.63) is 47.8 Å². The maximum absolute atomic E-state index is 12.2. The lowest BCUT2D eigenvalue weighted by atomic mass is 10.00. The first-order chi connectivity index (χ1) is 10.8. The van der Waals surface area contributed by atoms with E-state index in [2.05, 4.69) is 9.82 Å². The number of rotatable bonds is 6. The molecule has 0 fully saturated rings. The lowest BCUT2D eigenvalue weighted by Crippen LogP contribution is -2.35.